The van der Waals surface area contributed by atoms with Crippen LogP contribution in [0, 0.1) is 5.92 Å². The molecule has 18 heavy (non-hydrogen) atoms. The third-order valence-corrected chi connectivity index (χ3v) is 3.70. The number of aliphatic carboxylic acids is 1. The molecule has 0 unspecified atom stereocenters. The molecule has 0 spiro atoms. The van der Waals surface area contributed by atoms with Crippen molar-refractivity contribution in [1.82, 2.24) is 9.71 Å². The van der Waals surface area contributed by atoms with E-state index in [1.54, 1.807) is 0 Å². The van der Waals surface area contributed by atoms with Gasteiger partial charge in [0.05, 0.1) is 0 Å². The number of rotatable bonds is 6. The van der Waals surface area contributed by atoms with E-state index in [1.165, 1.54) is 24.5 Å². The van der Waals surface area contributed by atoms with E-state index in [-0.39, 0.29) is 17.2 Å². The molecule has 0 fully saturated rings. The standard InChI is InChI=1S/C11H16N2O4S/c1-8(2)6-10(11(14)15)13-18(16,17)9-4-3-5-12-7-9/h3-5,7-8,10,13H,6H2,1-2H3,(H,14,15)/t10-/m0/s1. The molecular formula is C11H16N2O4S. The molecule has 0 saturated carbocycles. The normalized spacial score (nSPS) is 13.5. The van der Waals surface area contributed by atoms with E-state index in [9.17, 15) is 13.2 Å². The van der Waals surface area contributed by atoms with Crippen molar-refractivity contribution < 1.29 is 18.3 Å². The zero-order valence-electron chi connectivity index (χ0n) is 10.2. The second-order valence-corrected chi connectivity index (χ2v) is 6.04. The fourth-order valence-corrected chi connectivity index (χ4v) is 2.60. The molecule has 0 aromatic carbocycles. The smallest absolute Gasteiger partial charge is 0.321 e. The Labute approximate surface area is 106 Å². The van der Waals surface area contributed by atoms with Crippen molar-refractivity contribution in [3.05, 3.63) is 24.5 Å². The van der Waals surface area contributed by atoms with Crippen LogP contribution in [-0.2, 0) is 14.8 Å². The summed E-state index contributed by atoms with van der Waals surface area (Å²) >= 11 is 0. The van der Waals surface area contributed by atoms with Crippen LogP contribution in [-0.4, -0.2) is 30.5 Å². The molecule has 2 N–H and O–H groups in total. The zero-order chi connectivity index (χ0) is 13.8. The minimum atomic E-state index is -3.84. The summed E-state index contributed by atoms with van der Waals surface area (Å²) in [4.78, 5) is 14.7. The molecule has 0 aliphatic heterocycles. The predicted molar refractivity (Wildman–Crippen MR) is 65.4 cm³/mol. The van der Waals surface area contributed by atoms with Crippen molar-refractivity contribution >= 4 is 16.0 Å². The van der Waals surface area contributed by atoms with Crippen molar-refractivity contribution in [3.63, 3.8) is 0 Å². The summed E-state index contributed by atoms with van der Waals surface area (Å²) in [6.45, 7) is 3.66. The highest BCUT2D eigenvalue weighted by atomic mass is 32.2. The summed E-state index contributed by atoms with van der Waals surface area (Å²) in [5, 5.41) is 8.99. The van der Waals surface area contributed by atoms with Crippen molar-refractivity contribution in [2.24, 2.45) is 5.92 Å². The van der Waals surface area contributed by atoms with Gasteiger partial charge in [-0.05, 0) is 24.5 Å². The van der Waals surface area contributed by atoms with E-state index >= 15 is 0 Å². The predicted octanol–water partition coefficient (Wildman–Crippen LogP) is 0.859. The molecule has 7 heteroatoms. The van der Waals surface area contributed by atoms with Crippen molar-refractivity contribution in [2.45, 2.75) is 31.2 Å². The largest absolute Gasteiger partial charge is 0.480 e. The highest BCUT2D eigenvalue weighted by Crippen LogP contribution is 2.11. The lowest BCUT2D eigenvalue weighted by Gasteiger charge is -2.16. The van der Waals surface area contributed by atoms with Crippen LogP contribution in [0.5, 0.6) is 0 Å². The van der Waals surface area contributed by atoms with Crippen LogP contribution in [0.25, 0.3) is 0 Å². The Morgan fingerprint density at radius 1 is 1.50 bits per heavy atom. The van der Waals surface area contributed by atoms with Gasteiger partial charge in [-0.3, -0.25) is 9.78 Å². The minimum absolute atomic E-state index is 0.0417. The van der Waals surface area contributed by atoms with Gasteiger partial charge in [-0.15, -0.1) is 0 Å². The monoisotopic (exact) mass is 272 g/mol. The van der Waals surface area contributed by atoms with Gasteiger partial charge in [0.15, 0.2) is 0 Å². The van der Waals surface area contributed by atoms with Crippen LogP contribution in [0.4, 0.5) is 0 Å². The van der Waals surface area contributed by atoms with Gasteiger partial charge >= 0.3 is 5.97 Å². The van der Waals surface area contributed by atoms with E-state index < -0.39 is 22.0 Å². The number of sulfonamides is 1. The molecule has 6 nitrogen and oxygen atoms in total. The van der Waals surface area contributed by atoms with Crippen molar-refractivity contribution in [2.75, 3.05) is 0 Å². The lowest BCUT2D eigenvalue weighted by atomic mass is 10.1. The van der Waals surface area contributed by atoms with E-state index in [1.807, 2.05) is 13.8 Å². The zero-order valence-corrected chi connectivity index (χ0v) is 11.0. The van der Waals surface area contributed by atoms with Crippen LogP contribution in [0.1, 0.15) is 20.3 Å². The number of carboxylic acids is 1. The number of hydrogen-bond donors (Lipinski definition) is 2. The fourth-order valence-electron chi connectivity index (χ4n) is 1.43. The van der Waals surface area contributed by atoms with Gasteiger partial charge in [0.2, 0.25) is 10.0 Å². The van der Waals surface area contributed by atoms with Crippen LogP contribution >= 0.6 is 0 Å². The van der Waals surface area contributed by atoms with E-state index in [0.29, 0.717) is 0 Å². The van der Waals surface area contributed by atoms with Gasteiger partial charge in [0, 0.05) is 12.4 Å². The molecule has 1 aromatic rings. The molecule has 0 saturated heterocycles. The molecule has 1 heterocycles. The first-order chi connectivity index (χ1) is 8.33. The SMILES string of the molecule is CC(C)C[C@H](NS(=O)(=O)c1cccnc1)C(=O)O. The molecule has 0 aliphatic carbocycles. The number of carbonyl (C=O) groups is 1. The van der Waals surface area contributed by atoms with Crippen LogP contribution in [0.15, 0.2) is 29.4 Å². The Morgan fingerprint density at radius 2 is 2.17 bits per heavy atom. The molecule has 0 radical (unpaired) electrons. The van der Waals surface area contributed by atoms with Gasteiger partial charge in [-0.2, -0.15) is 4.72 Å². The fraction of sp³-hybridized carbons (Fsp3) is 0.455. The van der Waals surface area contributed by atoms with E-state index in [4.69, 9.17) is 5.11 Å². The molecule has 1 atom stereocenters. The third kappa shape index (κ3) is 4.08. The number of hydrogen-bond acceptors (Lipinski definition) is 4. The van der Waals surface area contributed by atoms with E-state index in [0.717, 1.165) is 0 Å². The lowest BCUT2D eigenvalue weighted by Crippen LogP contribution is -2.41. The van der Waals surface area contributed by atoms with Gasteiger partial charge in [-0.25, -0.2) is 8.42 Å². The lowest BCUT2D eigenvalue weighted by molar-refractivity contribution is -0.139. The molecular weight excluding hydrogens is 256 g/mol. The summed E-state index contributed by atoms with van der Waals surface area (Å²) in [5.41, 5.74) is 0. The highest BCUT2D eigenvalue weighted by Gasteiger charge is 2.26. The summed E-state index contributed by atoms with van der Waals surface area (Å²) in [7, 11) is -3.84. The molecule has 0 aliphatic rings. The molecule has 1 aromatic heterocycles. The maximum atomic E-state index is 11.9. The van der Waals surface area contributed by atoms with Gasteiger partial charge < -0.3 is 5.11 Å². The van der Waals surface area contributed by atoms with Gasteiger partial charge in [0.25, 0.3) is 0 Å². The first kappa shape index (κ1) is 14.6. The Morgan fingerprint density at radius 3 is 2.61 bits per heavy atom. The molecule has 1 rings (SSSR count). The van der Waals surface area contributed by atoms with E-state index in [2.05, 4.69) is 9.71 Å². The summed E-state index contributed by atoms with van der Waals surface area (Å²) in [6, 6.07) is 1.71. The number of nitrogens with zero attached hydrogens (tertiary/aromatic N) is 1. The van der Waals surface area contributed by atoms with Crippen molar-refractivity contribution in [3.8, 4) is 0 Å². The molecule has 0 amide bonds. The first-order valence-corrected chi connectivity index (χ1v) is 6.96. The maximum Gasteiger partial charge on any atom is 0.321 e. The van der Waals surface area contributed by atoms with Crippen LogP contribution in [0.2, 0.25) is 0 Å². The Hall–Kier alpha value is -1.47. The Bertz CT molecular complexity index is 499. The van der Waals surface area contributed by atoms with Crippen LogP contribution < -0.4 is 4.72 Å². The van der Waals surface area contributed by atoms with Gasteiger partial charge in [0.1, 0.15) is 10.9 Å². The average Bonchev–Trinajstić information content (AvgIpc) is 2.28. The number of pyridine rings is 1. The average molecular weight is 272 g/mol. The summed E-state index contributed by atoms with van der Waals surface area (Å²) in [5.74, 6) is -1.11. The van der Waals surface area contributed by atoms with Crippen LogP contribution in [0.3, 0.4) is 0 Å². The minimum Gasteiger partial charge on any atom is -0.480 e. The van der Waals surface area contributed by atoms with Gasteiger partial charge in [-0.1, -0.05) is 13.8 Å². The summed E-state index contributed by atoms with van der Waals surface area (Å²) < 4.78 is 26.0. The number of nitrogens with one attached hydrogen (secondary N) is 1. The molecule has 0 bridgehead atoms. The molecule has 100 valence electrons. The van der Waals surface area contributed by atoms with Crippen molar-refractivity contribution in [1.29, 1.82) is 0 Å². The Kier molecular flexibility index (Phi) is 4.80. The Balaban J connectivity index is 2.90. The maximum absolute atomic E-state index is 11.9. The second-order valence-electron chi connectivity index (χ2n) is 4.33. The third-order valence-electron chi connectivity index (χ3n) is 2.25. The first-order valence-electron chi connectivity index (χ1n) is 5.48. The second kappa shape index (κ2) is 5.92. The number of carboxylic acid groups (broad SMARTS) is 1. The highest BCUT2D eigenvalue weighted by molar-refractivity contribution is 7.89. The quantitative estimate of drug-likeness (QED) is 0.800. The topological polar surface area (TPSA) is 96.4 Å². The summed E-state index contributed by atoms with van der Waals surface area (Å²) in [6.07, 6.45) is 2.85. The number of aromatic nitrogens is 1.